The van der Waals surface area contributed by atoms with Crippen molar-refractivity contribution in [3.63, 3.8) is 0 Å². The fraction of sp³-hybridized carbons (Fsp3) is 0.625. The van der Waals surface area contributed by atoms with Crippen molar-refractivity contribution in [2.24, 2.45) is 11.8 Å². The van der Waals surface area contributed by atoms with Crippen LogP contribution in [0.5, 0.6) is 5.75 Å². The Morgan fingerprint density at radius 3 is 2.30 bits per heavy atom. The Bertz CT molecular complexity index is 1110. The number of ether oxygens (including phenoxy) is 1. The summed E-state index contributed by atoms with van der Waals surface area (Å²) in [5.41, 5.74) is 3.43. The fourth-order valence-electron chi connectivity index (χ4n) is 8.06. The minimum Gasteiger partial charge on any atom is -0.490 e. The van der Waals surface area contributed by atoms with E-state index in [0.29, 0.717) is 17.4 Å². The summed E-state index contributed by atoms with van der Waals surface area (Å²) in [5, 5.41) is 4.56. The van der Waals surface area contributed by atoms with Crippen LogP contribution in [0, 0.1) is 11.8 Å². The molecule has 1 saturated heterocycles. The highest BCUT2D eigenvalue weighted by atomic mass is 32.2. The summed E-state index contributed by atoms with van der Waals surface area (Å²) < 4.78 is 18.7. The van der Waals surface area contributed by atoms with Crippen molar-refractivity contribution in [2.75, 3.05) is 19.6 Å². The Hall–Kier alpha value is -1.69. The molecule has 0 amide bonds. The molecule has 5 aliphatic rings. The van der Waals surface area contributed by atoms with E-state index in [2.05, 4.69) is 34.5 Å². The van der Waals surface area contributed by atoms with E-state index >= 15 is 0 Å². The van der Waals surface area contributed by atoms with Crippen molar-refractivity contribution in [3.8, 4) is 5.75 Å². The second-order valence-electron chi connectivity index (χ2n) is 12.3. The van der Waals surface area contributed by atoms with Gasteiger partial charge in [-0.15, -0.1) is 0 Å². The predicted molar refractivity (Wildman–Crippen MR) is 149 cm³/mol. The van der Waals surface area contributed by atoms with Crippen LogP contribution in [0.25, 0.3) is 0 Å². The lowest BCUT2D eigenvalue weighted by Crippen LogP contribution is -2.60. The molecule has 0 aromatic heterocycles. The maximum atomic E-state index is 12.4. The molecule has 0 bridgehead atoms. The zero-order chi connectivity index (χ0) is 24.8. The summed E-state index contributed by atoms with van der Waals surface area (Å²) in [7, 11) is -0.830. The Morgan fingerprint density at radius 1 is 0.865 bits per heavy atom. The number of likely N-dealkylation sites (tertiary alicyclic amines) is 1. The molecule has 1 N–H and O–H groups in total. The third-order valence-corrected chi connectivity index (χ3v) is 12.0. The van der Waals surface area contributed by atoms with Gasteiger partial charge in [0.05, 0.1) is 10.8 Å². The van der Waals surface area contributed by atoms with Crippen LogP contribution in [0.15, 0.2) is 53.4 Å². The van der Waals surface area contributed by atoms with Crippen molar-refractivity contribution in [1.29, 1.82) is 0 Å². The first-order chi connectivity index (χ1) is 18.2. The summed E-state index contributed by atoms with van der Waals surface area (Å²) in [6.45, 7) is 3.58. The van der Waals surface area contributed by atoms with Gasteiger partial charge >= 0.3 is 0 Å². The van der Waals surface area contributed by atoms with E-state index in [0.717, 1.165) is 54.7 Å². The van der Waals surface area contributed by atoms with E-state index in [9.17, 15) is 4.21 Å². The van der Waals surface area contributed by atoms with Crippen LogP contribution in [-0.4, -0.2) is 46.1 Å². The van der Waals surface area contributed by atoms with E-state index in [4.69, 9.17) is 4.74 Å². The molecule has 0 spiro atoms. The molecule has 198 valence electrons. The average Bonchev–Trinajstić information content (AvgIpc) is 3.63. The standard InChI is InChI=1S/C32H42N2O2S/c35-37(30-13-14-30)29-11-9-27(10-12-29)36-28-21-26(22-28)34-19-16-25(17-20-34)32(24-6-2-3-7-24)31-8-4-1-5-23(31)15-18-33-32/h1,4-5,8-12,24-26,28,30,33H,2-3,6-7,13-22H2. The van der Waals surface area contributed by atoms with Crippen molar-refractivity contribution in [2.45, 2.75) is 98.5 Å². The van der Waals surface area contributed by atoms with E-state index in [1.54, 1.807) is 11.1 Å². The highest BCUT2D eigenvalue weighted by molar-refractivity contribution is 7.86. The minimum absolute atomic E-state index is 0.192. The second-order valence-corrected chi connectivity index (χ2v) is 14.1. The molecular weight excluding hydrogens is 476 g/mol. The highest BCUT2D eigenvalue weighted by Gasteiger charge is 2.50. The molecule has 0 radical (unpaired) electrons. The number of hydrogen-bond acceptors (Lipinski definition) is 4. The first-order valence-corrected chi connectivity index (χ1v) is 16.2. The van der Waals surface area contributed by atoms with Gasteiger partial charge in [0.1, 0.15) is 11.9 Å². The molecule has 2 aromatic rings. The molecule has 3 saturated carbocycles. The number of fused-ring (bicyclic) bond motifs is 1. The average molecular weight is 519 g/mol. The van der Waals surface area contributed by atoms with Crippen LogP contribution < -0.4 is 10.1 Å². The van der Waals surface area contributed by atoms with Crippen LogP contribution in [0.4, 0.5) is 0 Å². The molecule has 7 rings (SSSR count). The van der Waals surface area contributed by atoms with Crippen molar-refractivity contribution < 1.29 is 8.95 Å². The van der Waals surface area contributed by atoms with Gasteiger partial charge in [0.2, 0.25) is 0 Å². The summed E-state index contributed by atoms with van der Waals surface area (Å²) in [6, 6.07) is 18.1. The summed E-state index contributed by atoms with van der Waals surface area (Å²) in [5.74, 6) is 2.46. The van der Waals surface area contributed by atoms with E-state index in [1.807, 2.05) is 24.3 Å². The third-order valence-electron chi connectivity index (χ3n) is 10.2. The summed E-state index contributed by atoms with van der Waals surface area (Å²) in [4.78, 5) is 3.71. The summed E-state index contributed by atoms with van der Waals surface area (Å²) >= 11 is 0. The van der Waals surface area contributed by atoms with Crippen LogP contribution in [0.2, 0.25) is 0 Å². The zero-order valence-corrected chi connectivity index (χ0v) is 22.9. The smallest absolute Gasteiger partial charge is 0.119 e. The molecule has 2 aromatic carbocycles. The topological polar surface area (TPSA) is 41.6 Å². The van der Waals surface area contributed by atoms with Crippen LogP contribution >= 0.6 is 0 Å². The second kappa shape index (κ2) is 10.1. The van der Waals surface area contributed by atoms with Gasteiger partial charge in [-0.05, 0) is 105 Å². The highest BCUT2D eigenvalue weighted by Crippen LogP contribution is 2.51. The van der Waals surface area contributed by atoms with Crippen molar-refractivity contribution >= 4 is 10.8 Å². The zero-order valence-electron chi connectivity index (χ0n) is 22.1. The number of benzene rings is 2. The number of hydrogen-bond donors (Lipinski definition) is 1. The van der Waals surface area contributed by atoms with Crippen LogP contribution in [0.3, 0.4) is 0 Å². The maximum absolute atomic E-state index is 12.4. The first kappa shape index (κ1) is 24.4. The van der Waals surface area contributed by atoms with Gasteiger partial charge in [0.25, 0.3) is 0 Å². The minimum atomic E-state index is -0.830. The quantitative estimate of drug-likeness (QED) is 0.502. The lowest BCUT2D eigenvalue weighted by molar-refractivity contribution is -0.0170. The molecular formula is C32H42N2O2S. The molecule has 5 heteroatoms. The van der Waals surface area contributed by atoms with Gasteiger partial charge in [-0.1, -0.05) is 37.1 Å². The maximum Gasteiger partial charge on any atom is 0.119 e. The Balaban J connectivity index is 0.961. The van der Waals surface area contributed by atoms with E-state index < -0.39 is 10.8 Å². The molecule has 2 atom stereocenters. The lowest BCUT2D eigenvalue weighted by Gasteiger charge is -2.53. The van der Waals surface area contributed by atoms with Crippen LogP contribution in [-0.2, 0) is 22.8 Å². The van der Waals surface area contributed by atoms with Gasteiger partial charge < -0.3 is 15.0 Å². The molecule has 37 heavy (non-hydrogen) atoms. The Kier molecular flexibility index (Phi) is 6.67. The molecule has 4 nitrogen and oxygen atoms in total. The van der Waals surface area contributed by atoms with E-state index in [-0.39, 0.29) is 5.54 Å². The fourth-order valence-corrected chi connectivity index (χ4v) is 9.41. The predicted octanol–water partition coefficient (Wildman–Crippen LogP) is 5.81. The SMILES string of the molecule is O=S(c1ccc(OC2CC(N3CCC(C4(C5CCCC5)NCCc5ccccc54)CC3)C2)cc1)C1CC1. The largest absolute Gasteiger partial charge is 0.490 e. The first-order valence-electron chi connectivity index (χ1n) is 15.0. The number of nitrogens with zero attached hydrogens (tertiary/aromatic N) is 1. The molecule has 2 aliphatic heterocycles. The molecule has 2 heterocycles. The molecule has 4 fully saturated rings. The number of piperidine rings is 1. The van der Waals surface area contributed by atoms with Crippen LogP contribution in [0.1, 0.15) is 75.3 Å². The van der Waals surface area contributed by atoms with Gasteiger partial charge in [-0.3, -0.25) is 4.21 Å². The number of nitrogens with one attached hydrogen (secondary N) is 1. The Labute approximate surface area is 225 Å². The van der Waals surface area contributed by atoms with Gasteiger partial charge in [0.15, 0.2) is 0 Å². The Morgan fingerprint density at radius 2 is 1.57 bits per heavy atom. The number of rotatable bonds is 7. The van der Waals surface area contributed by atoms with Gasteiger partial charge in [-0.2, -0.15) is 0 Å². The normalized spacial score (nSPS) is 32.0. The molecule has 2 unspecified atom stereocenters. The van der Waals surface area contributed by atoms with E-state index in [1.165, 1.54) is 58.0 Å². The third kappa shape index (κ3) is 4.59. The molecule has 3 aliphatic carbocycles. The summed E-state index contributed by atoms with van der Waals surface area (Å²) in [6.07, 6.45) is 14.2. The van der Waals surface area contributed by atoms with Gasteiger partial charge in [-0.25, -0.2) is 0 Å². The monoisotopic (exact) mass is 518 g/mol. The van der Waals surface area contributed by atoms with Crippen molar-refractivity contribution in [1.82, 2.24) is 10.2 Å². The van der Waals surface area contributed by atoms with Gasteiger partial charge in [0, 0.05) is 41.1 Å². The van der Waals surface area contributed by atoms with Crippen molar-refractivity contribution in [3.05, 3.63) is 59.7 Å². The lowest BCUT2D eigenvalue weighted by atomic mass is 9.63.